The minimum atomic E-state index is -0.204. The van der Waals surface area contributed by atoms with Gasteiger partial charge in [0.25, 0.3) is 0 Å². The molecule has 1 saturated heterocycles. The van der Waals surface area contributed by atoms with Crippen LogP contribution in [0.3, 0.4) is 0 Å². The second-order valence-electron chi connectivity index (χ2n) is 7.04. The van der Waals surface area contributed by atoms with Gasteiger partial charge in [0, 0.05) is 25.5 Å². The van der Waals surface area contributed by atoms with Crippen molar-refractivity contribution in [2.75, 3.05) is 23.9 Å². The van der Waals surface area contributed by atoms with Crippen molar-refractivity contribution in [1.82, 2.24) is 0 Å². The van der Waals surface area contributed by atoms with Crippen molar-refractivity contribution in [1.29, 1.82) is 0 Å². The van der Waals surface area contributed by atoms with Crippen molar-refractivity contribution in [2.24, 2.45) is 0 Å². The minimum Gasteiger partial charge on any atom is -0.508 e. The van der Waals surface area contributed by atoms with Crippen LogP contribution in [-0.4, -0.2) is 25.1 Å². The van der Waals surface area contributed by atoms with E-state index in [0.29, 0.717) is 0 Å². The summed E-state index contributed by atoms with van der Waals surface area (Å²) < 4.78 is 0. The molecule has 1 aliphatic rings. The maximum absolute atomic E-state index is 13.1. The highest BCUT2D eigenvalue weighted by Gasteiger charge is 2.49. The van der Waals surface area contributed by atoms with E-state index in [1.807, 2.05) is 49.3 Å². The lowest BCUT2D eigenvalue weighted by Gasteiger charge is -2.47. The van der Waals surface area contributed by atoms with Gasteiger partial charge in [-0.2, -0.15) is 0 Å². The Morgan fingerprint density at radius 2 is 1.44 bits per heavy atom. The molecule has 1 heterocycles. The minimum absolute atomic E-state index is 0.0688. The molecule has 0 saturated carbocycles. The van der Waals surface area contributed by atoms with E-state index in [1.165, 1.54) is 0 Å². The van der Waals surface area contributed by atoms with Crippen LogP contribution in [0.15, 0.2) is 78.9 Å². The van der Waals surface area contributed by atoms with E-state index < -0.39 is 0 Å². The molecule has 3 aromatic carbocycles. The number of phenolic OH excluding ortho intramolecular Hbond substituents is 1. The predicted molar refractivity (Wildman–Crippen MR) is 108 cm³/mol. The lowest BCUT2D eigenvalue weighted by molar-refractivity contribution is -0.126. The summed E-state index contributed by atoms with van der Waals surface area (Å²) >= 11 is 0. The Labute approximate surface area is 159 Å². The van der Waals surface area contributed by atoms with Gasteiger partial charge in [0.05, 0.1) is 12.0 Å². The molecular weight excluding hydrogens is 336 g/mol. The Bertz CT molecular complexity index is 934. The predicted octanol–water partition coefficient (Wildman–Crippen LogP) is 4.33. The Balaban J connectivity index is 1.75. The highest BCUT2D eigenvalue weighted by atomic mass is 16.3. The van der Waals surface area contributed by atoms with Crippen LogP contribution in [0.2, 0.25) is 0 Å². The Hall–Kier alpha value is -3.27. The molecule has 136 valence electrons. The first-order valence-electron chi connectivity index (χ1n) is 9.00. The van der Waals surface area contributed by atoms with E-state index in [2.05, 4.69) is 29.2 Å². The zero-order chi connectivity index (χ0) is 19.0. The first-order valence-corrected chi connectivity index (χ1v) is 9.00. The van der Waals surface area contributed by atoms with Crippen LogP contribution in [0.1, 0.15) is 23.1 Å². The smallest absolute Gasteiger partial charge is 0.237 e. The molecule has 0 spiro atoms. The van der Waals surface area contributed by atoms with Crippen LogP contribution in [-0.2, 0) is 4.79 Å². The van der Waals surface area contributed by atoms with Gasteiger partial charge in [-0.3, -0.25) is 4.79 Å². The SMILES string of the molecule is CN(C)c1ccc([C@H]2[C@@H](c3ccccc3)C(=O)N2c2ccc(O)cc2)cc1. The molecule has 1 N–H and O–H groups in total. The molecule has 27 heavy (non-hydrogen) atoms. The maximum Gasteiger partial charge on any atom is 0.237 e. The molecule has 0 radical (unpaired) electrons. The van der Waals surface area contributed by atoms with Gasteiger partial charge in [-0.1, -0.05) is 42.5 Å². The molecule has 1 amide bonds. The van der Waals surface area contributed by atoms with Gasteiger partial charge in [-0.25, -0.2) is 0 Å². The van der Waals surface area contributed by atoms with Crippen molar-refractivity contribution in [2.45, 2.75) is 12.0 Å². The zero-order valence-corrected chi connectivity index (χ0v) is 15.4. The number of amides is 1. The summed E-state index contributed by atoms with van der Waals surface area (Å²) in [6.45, 7) is 0. The molecule has 0 aromatic heterocycles. The summed E-state index contributed by atoms with van der Waals surface area (Å²) in [5, 5.41) is 9.58. The first-order chi connectivity index (χ1) is 13.1. The summed E-state index contributed by atoms with van der Waals surface area (Å²) in [5.74, 6) is 0.0667. The zero-order valence-electron chi connectivity index (χ0n) is 15.4. The summed E-state index contributed by atoms with van der Waals surface area (Å²) in [4.78, 5) is 16.9. The number of rotatable bonds is 4. The van der Waals surface area contributed by atoms with Gasteiger partial charge in [-0.05, 0) is 47.5 Å². The summed E-state index contributed by atoms with van der Waals surface area (Å²) in [6, 6.07) is 25.0. The van der Waals surface area contributed by atoms with E-state index in [-0.39, 0.29) is 23.6 Å². The van der Waals surface area contributed by atoms with Gasteiger partial charge in [0.2, 0.25) is 5.91 Å². The molecule has 0 unspecified atom stereocenters. The Kier molecular flexibility index (Phi) is 4.32. The van der Waals surface area contributed by atoms with Gasteiger partial charge < -0.3 is 14.9 Å². The number of β-lactam (4-membered cyclic amide) rings is 1. The molecule has 2 atom stereocenters. The fourth-order valence-corrected chi connectivity index (χ4v) is 3.69. The number of carbonyl (C=O) groups excluding carboxylic acids is 1. The van der Waals surface area contributed by atoms with E-state index >= 15 is 0 Å². The number of hydrogen-bond donors (Lipinski definition) is 1. The monoisotopic (exact) mass is 358 g/mol. The third-order valence-electron chi connectivity index (χ3n) is 5.13. The molecule has 4 heteroatoms. The van der Waals surface area contributed by atoms with Crippen LogP contribution in [0.4, 0.5) is 11.4 Å². The van der Waals surface area contributed by atoms with E-state index in [1.54, 1.807) is 24.3 Å². The van der Waals surface area contributed by atoms with E-state index in [4.69, 9.17) is 0 Å². The summed E-state index contributed by atoms with van der Waals surface area (Å²) in [5.41, 5.74) is 4.05. The third kappa shape index (κ3) is 3.04. The number of benzene rings is 3. The number of aromatic hydroxyl groups is 1. The maximum atomic E-state index is 13.1. The number of carbonyl (C=O) groups is 1. The van der Waals surface area contributed by atoms with Crippen LogP contribution < -0.4 is 9.80 Å². The van der Waals surface area contributed by atoms with Crippen molar-refractivity contribution >= 4 is 17.3 Å². The average Bonchev–Trinajstić information content (AvgIpc) is 2.68. The van der Waals surface area contributed by atoms with Crippen molar-refractivity contribution < 1.29 is 9.90 Å². The summed E-state index contributed by atoms with van der Waals surface area (Å²) in [6.07, 6.45) is 0. The van der Waals surface area contributed by atoms with Crippen LogP contribution >= 0.6 is 0 Å². The van der Waals surface area contributed by atoms with Crippen LogP contribution in [0.5, 0.6) is 5.75 Å². The Morgan fingerprint density at radius 3 is 2.04 bits per heavy atom. The quantitative estimate of drug-likeness (QED) is 0.706. The van der Waals surface area contributed by atoms with Gasteiger partial charge in [-0.15, -0.1) is 0 Å². The van der Waals surface area contributed by atoms with Crippen LogP contribution in [0.25, 0.3) is 0 Å². The lowest BCUT2D eigenvalue weighted by Crippen LogP contribution is -2.53. The van der Waals surface area contributed by atoms with E-state index in [9.17, 15) is 9.90 Å². The molecule has 0 bridgehead atoms. The molecule has 0 aliphatic carbocycles. The standard InChI is InChI=1S/C23H22N2O2/c1-24(2)18-10-8-17(9-11-18)22-21(16-6-4-3-5-7-16)23(27)25(22)19-12-14-20(26)15-13-19/h3-15,21-22,26H,1-2H3/t21-,22+/m1/s1. The number of hydrogen-bond acceptors (Lipinski definition) is 3. The molecule has 1 aliphatic heterocycles. The number of anilines is 2. The number of nitrogens with zero attached hydrogens (tertiary/aromatic N) is 2. The first kappa shape index (κ1) is 17.2. The van der Waals surface area contributed by atoms with Gasteiger partial charge >= 0.3 is 0 Å². The van der Waals surface area contributed by atoms with Crippen molar-refractivity contribution in [3.63, 3.8) is 0 Å². The summed E-state index contributed by atoms with van der Waals surface area (Å²) in [7, 11) is 4.02. The third-order valence-corrected chi connectivity index (χ3v) is 5.13. The number of phenols is 1. The lowest BCUT2D eigenvalue weighted by atomic mass is 9.77. The Morgan fingerprint density at radius 1 is 0.815 bits per heavy atom. The average molecular weight is 358 g/mol. The fourth-order valence-electron chi connectivity index (χ4n) is 3.69. The van der Waals surface area contributed by atoms with Gasteiger partial charge in [0.15, 0.2) is 0 Å². The highest BCUT2D eigenvalue weighted by Crippen LogP contribution is 2.49. The van der Waals surface area contributed by atoms with Crippen LogP contribution in [0, 0.1) is 0 Å². The normalized spacial score (nSPS) is 18.9. The second kappa shape index (κ2) is 6.80. The molecule has 1 fully saturated rings. The molecule has 4 nitrogen and oxygen atoms in total. The largest absolute Gasteiger partial charge is 0.508 e. The molecular formula is C23H22N2O2. The molecule has 3 aromatic rings. The second-order valence-corrected chi connectivity index (χ2v) is 7.04. The van der Waals surface area contributed by atoms with Crippen molar-refractivity contribution in [3.8, 4) is 5.75 Å². The van der Waals surface area contributed by atoms with Crippen molar-refractivity contribution in [3.05, 3.63) is 90.0 Å². The fraction of sp³-hybridized carbons (Fsp3) is 0.174. The topological polar surface area (TPSA) is 43.8 Å². The molecule has 4 rings (SSSR count). The van der Waals surface area contributed by atoms with E-state index in [0.717, 1.165) is 22.5 Å². The van der Waals surface area contributed by atoms with Gasteiger partial charge in [0.1, 0.15) is 5.75 Å². The highest BCUT2D eigenvalue weighted by molar-refractivity contribution is 6.06.